The summed E-state index contributed by atoms with van der Waals surface area (Å²) >= 11 is 0. The van der Waals surface area contributed by atoms with E-state index in [1.165, 1.54) is 10.6 Å². The van der Waals surface area contributed by atoms with Gasteiger partial charge in [-0.05, 0) is 6.07 Å². The molecule has 1 aliphatic heterocycles. The van der Waals surface area contributed by atoms with Crippen LogP contribution in [-0.2, 0) is 23.1 Å². The number of nitrogens with one attached hydrogen (secondary N) is 1. The van der Waals surface area contributed by atoms with Gasteiger partial charge >= 0.3 is 0 Å². The van der Waals surface area contributed by atoms with Crippen LogP contribution in [0, 0.1) is 0 Å². The summed E-state index contributed by atoms with van der Waals surface area (Å²) in [4.78, 5) is 2.22. The molecule has 0 unspecified atom stereocenters. The molecule has 2 rings (SSSR count). The summed E-state index contributed by atoms with van der Waals surface area (Å²) in [7, 11) is -3.06. The average molecular weight is 315 g/mol. The van der Waals surface area contributed by atoms with Gasteiger partial charge in [-0.2, -0.15) is 4.31 Å². The highest BCUT2D eigenvalue weighted by atomic mass is 32.2. The number of piperazine rings is 1. The summed E-state index contributed by atoms with van der Waals surface area (Å²) < 4.78 is 30.0. The molecule has 0 aromatic carbocycles. The highest BCUT2D eigenvalue weighted by Gasteiger charge is 2.23. The molecule has 1 saturated heterocycles. The third-order valence-corrected chi connectivity index (χ3v) is 4.91. The van der Waals surface area contributed by atoms with E-state index in [9.17, 15) is 8.42 Å². The maximum atomic E-state index is 11.5. The monoisotopic (exact) mass is 315 g/mol. The number of furan rings is 1. The van der Waals surface area contributed by atoms with Crippen LogP contribution in [0.15, 0.2) is 16.7 Å². The van der Waals surface area contributed by atoms with Crippen LogP contribution in [0.4, 0.5) is 0 Å². The fraction of sp³-hybridized carbons (Fsp3) is 0.714. The van der Waals surface area contributed by atoms with Crippen LogP contribution in [0.5, 0.6) is 0 Å². The van der Waals surface area contributed by atoms with E-state index in [-0.39, 0.29) is 0 Å². The molecule has 1 aromatic rings. The van der Waals surface area contributed by atoms with E-state index >= 15 is 0 Å². The van der Waals surface area contributed by atoms with Crippen LogP contribution in [0.3, 0.4) is 0 Å². The van der Waals surface area contributed by atoms with Crippen LogP contribution in [-0.4, -0.2) is 56.1 Å². The molecule has 6 nitrogen and oxygen atoms in total. The number of hydrogen-bond acceptors (Lipinski definition) is 5. The third-order valence-electron chi connectivity index (χ3n) is 3.60. The smallest absolute Gasteiger partial charge is 0.211 e. The minimum atomic E-state index is -3.06. The van der Waals surface area contributed by atoms with Crippen molar-refractivity contribution in [3.8, 4) is 0 Å². The fourth-order valence-electron chi connectivity index (χ4n) is 2.36. The van der Waals surface area contributed by atoms with E-state index in [0.717, 1.165) is 37.5 Å². The first kappa shape index (κ1) is 16.5. The zero-order valence-electron chi connectivity index (χ0n) is 13.0. The van der Waals surface area contributed by atoms with Crippen molar-refractivity contribution in [3.05, 3.63) is 23.7 Å². The summed E-state index contributed by atoms with van der Waals surface area (Å²) in [5.41, 5.74) is 1.15. The molecule has 1 aromatic heterocycles. The molecule has 2 heterocycles. The molecule has 0 saturated carbocycles. The van der Waals surface area contributed by atoms with Gasteiger partial charge in [0.05, 0.1) is 19.1 Å². The summed E-state index contributed by atoms with van der Waals surface area (Å²) in [5, 5.41) is 3.35. The van der Waals surface area contributed by atoms with Gasteiger partial charge < -0.3 is 9.73 Å². The van der Waals surface area contributed by atoms with Crippen LogP contribution in [0.2, 0.25) is 0 Å². The number of nitrogens with zero attached hydrogens (tertiary/aromatic N) is 2. The minimum absolute atomic E-state index is 0.451. The van der Waals surface area contributed by atoms with Gasteiger partial charge in [0.15, 0.2) is 0 Å². The number of sulfonamides is 1. The zero-order valence-corrected chi connectivity index (χ0v) is 13.8. The second-order valence-corrected chi connectivity index (χ2v) is 7.88. The van der Waals surface area contributed by atoms with Gasteiger partial charge in [-0.3, -0.25) is 4.90 Å². The lowest BCUT2D eigenvalue weighted by molar-refractivity contribution is 0.171. The lowest BCUT2D eigenvalue weighted by atomic mass is 10.2. The van der Waals surface area contributed by atoms with Gasteiger partial charge in [-0.1, -0.05) is 13.8 Å². The maximum absolute atomic E-state index is 11.5. The molecular weight excluding hydrogens is 290 g/mol. The largest absolute Gasteiger partial charge is 0.468 e. The van der Waals surface area contributed by atoms with Gasteiger partial charge in [0, 0.05) is 44.3 Å². The molecule has 21 heavy (non-hydrogen) atoms. The van der Waals surface area contributed by atoms with Crippen molar-refractivity contribution in [2.24, 2.45) is 0 Å². The molecule has 1 fully saturated rings. The van der Waals surface area contributed by atoms with E-state index in [2.05, 4.69) is 30.1 Å². The van der Waals surface area contributed by atoms with E-state index < -0.39 is 10.0 Å². The number of rotatable bonds is 6. The second-order valence-electron chi connectivity index (χ2n) is 5.90. The Balaban J connectivity index is 1.81. The Labute approximate surface area is 127 Å². The first-order chi connectivity index (χ1) is 9.84. The molecule has 0 spiro atoms. The van der Waals surface area contributed by atoms with Crippen molar-refractivity contribution in [1.29, 1.82) is 0 Å². The van der Waals surface area contributed by atoms with E-state index in [0.29, 0.717) is 19.1 Å². The molecular formula is C14H25N3O3S. The van der Waals surface area contributed by atoms with Crippen molar-refractivity contribution in [1.82, 2.24) is 14.5 Å². The molecule has 120 valence electrons. The Morgan fingerprint density at radius 2 is 1.95 bits per heavy atom. The minimum Gasteiger partial charge on any atom is -0.468 e. The summed E-state index contributed by atoms with van der Waals surface area (Å²) in [6.07, 6.45) is 3.06. The van der Waals surface area contributed by atoms with Crippen molar-refractivity contribution in [2.45, 2.75) is 33.0 Å². The van der Waals surface area contributed by atoms with Crippen molar-refractivity contribution >= 4 is 10.0 Å². The maximum Gasteiger partial charge on any atom is 0.211 e. The lowest BCUT2D eigenvalue weighted by Crippen LogP contribution is -2.47. The van der Waals surface area contributed by atoms with Gasteiger partial charge in [0.1, 0.15) is 5.76 Å². The molecule has 1 aliphatic rings. The molecule has 0 atom stereocenters. The van der Waals surface area contributed by atoms with Gasteiger partial charge in [-0.15, -0.1) is 0 Å². The molecule has 0 amide bonds. The molecule has 7 heteroatoms. The van der Waals surface area contributed by atoms with E-state index in [1.54, 1.807) is 6.26 Å². The topological polar surface area (TPSA) is 65.8 Å². The Morgan fingerprint density at radius 3 is 2.52 bits per heavy atom. The van der Waals surface area contributed by atoms with Crippen molar-refractivity contribution < 1.29 is 12.8 Å². The Kier molecular flexibility index (Phi) is 5.43. The SMILES string of the molecule is CC(C)NCc1coc(CN2CCN(S(C)(=O)=O)CC2)c1. The predicted octanol–water partition coefficient (Wildman–Crippen LogP) is 0.855. The predicted molar refractivity (Wildman–Crippen MR) is 82.4 cm³/mol. The van der Waals surface area contributed by atoms with E-state index in [1.807, 2.05) is 0 Å². The van der Waals surface area contributed by atoms with Gasteiger partial charge in [-0.25, -0.2) is 8.42 Å². The van der Waals surface area contributed by atoms with Crippen molar-refractivity contribution in [2.75, 3.05) is 32.4 Å². The normalized spacial score (nSPS) is 18.5. The standard InChI is InChI=1S/C14H25N3O3S/c1-12(2)15-9-13-8-14(20-11-13)10-16-4-6-17(7-5-16)21(3,18)19/h8,11-12,15H,4-7,9-10H2,1-3H3. The van der Waals surface area contributed by atoms with Crippen LogP contribution < -0.4 is 5.32 Å². The van der Waals surface area contributed by atoms with Crippen LogP contribution in [0.1, 0.15) is 25.2 Å². The molecule has 0 radical (unpaired) electrons. The molecule has 1 N–H and O–H groups in total. The first-order valence-corrected chi connectivity index (χ1v) is 9.16. The Bertz CT molecular complexity index is 546. The van der Waals surface area contributed by atoms with Crippen molar-refractivity contribution in [3.63, 3.8) is 0 Å². The number of hydrogen-bond donors (Lipinski definition) is 1. The zero-order chi connectivity index (χ0) is 15.5. The third kappa shape index (κ3) is 5.10. The first-order valence-electron chi connectivity index (χ1n) is 7.32. The second kappa shape index (κ2) is 6.91. The average Bonchev–Trinajstić information content (AvgIpc) is 2.83. The Morgan fingerprint density at radius 1 is 1.29 bits per heavy atom. The highest BCUT2D eigenvalue weighted by Crippen LogP contribution is 2.13. The van der Waals surface area contributed by atoms with E-state index in [4.69, 9.17) is 4.42 Å². The molecule has 0 aliphatic carbocycles. The van der Waals surface area contributed by atoms with Gasteiger partial charge in [0.25, 0.3) is 0 Å². The molecule has 0 bridgehead atoms. The summed E-state index contributed by atoms with van der Waals surface area (Å²) in [6.45, 7) is 8.37. The Hall–Kier alpha value is -0.890. The van der Waals surface area contributed by atoms with Gasteiger partial charge in [0.2, 0.25) is 10.0 Å². The summed E-state index contributed by atoms with van der Waals surface area (Å²) in [6, 6.07) is 2.52. The van der Waals surface area contributed by atoms with Crippen LogP contribution >= 0.6 is 0 Å². The fourth-order valence-corrected chi connectivity index (χ4v) is 3.19. The quantitative estimate of drug-likeness (QED) is 0.843. The summed E-state index contributed by atoms with van der Waals surface area (Å²) in [5.74, 6) is 0.934. The van der Waals surface area contributed by atoms with Crippen LogP contribution in [0.25, 0.3) is 0 Å². The lowest BCUT2D eigenvalue weighted by Gasteiger charge is -2.32. The highest BCUT2D eigenvalue weighted by molar-refractivity contribution is 7.88.